The van der Waals surface area contributed by atoms with Crippen LogP contribution in [0.4, 0.5) is 4.39 Å². The molecule has 2 rings (SSSR count). The molecular formula is C13H11BrFNO3. The van der Waals surface area contributed by atoms with Crippen molar-refractivity contribution in [1.29, 1.82) is 0 Å². The lowest BCUT2D eigenvalue weighted by Gasteiger charge is -1.97. The van der Waals surface area contributed by atoms with Crippen LogP contribution >= 0.6 is 15.9 Å². The van der Waals surface area contributed by atoms with Gasteiger partial charge in [-0.25, -0.2) is 14.2 Å². The average Bonchev–Trinajstić information content (AvgIpc) is 2.75. The lowest BCUT2D eigenvalue weighted by molar-refractivity contribution is 0.0518. The Kier molecular flexibility index (Phi) is 3.99. The van der Waals surface area contributed by atoms with Crippen LogP contribution in [0.2, 0.25) is 0 Å². The van der Waals surface area contributed by atoms with Crippen molar-refractivity contribution < 1.29 is 18.3 Å². The van der Waals surface area contributed by atoms with Crippen molar-refractivity contribution in [3.63, 3.8) is 0 Å². The Labute approximate surface area is 117 Å². The van der Waals surface area contributed by atoms with Crippen LogP contribution in [0.3, 0.4) is 0 Å². The molecular weight excluding hydrogens is 317 g/mol. The molecule has 0 saturated carbocycles. The van der Waals surface area contributed by atoms with Crippen molar-refractivity contribution in [1.82, 2.24) is 4.98 Å². The zero-order valence-corrected chi connectivity index (χ0v) is 12.0. The fraction of sp³-hybridized carbons (Fsp3) is 0.231. The third-order valence-corrected chi connectivity index (χ3v) is 3.08. The van der Waals surface area contributed by atoms with Gasteiger partial charge in [0.05, 0.1) is 11.1 Å². The van der Waals surface area contributed by atoms with E-state index in [4.69, 9.17) is 9.15 Å². The highest BCUT2D eigenvalue weighted by atomic mass is 79.9. The SMILES string of the molecule is CCOC(=O)c1nc(-c2ccc(Br)c(F)c2)oc1C. The number of hydrogen-bond donors (Lipinski definition) is 0. The third kappa shape index (κ3) is 2.84. The molecule has 0 radical (unpaired) electrons. The summed E-state index contributed by atoms with van der Waals surface area (Å²) in [6.07, 6.45) is 0. The van der Waals surface area contributed by atoms with E-state index in [1.54, 1.807) is 26.0 Å². The van der Waals surface area contributed by atoms with Crippen LogP contribution in [-0.4, -0.2) is 17.6 Å². The van der Waals surface area contributed by atoms with Crippen molar-refractivity contribution >= 4 is 21.9 Å². The minimum absolute atomic E-state index is 0.111. The van der Waals surface area contributed by atoms with Crippen molar-refractivity contribution in [2.45, 2.75) is 13.8 Å². The standard InChI is InChI=1S/C13H11BrFNO3/c1-3-18-13(17)11-7(2)19-12(16-11)8-4-5-9(14)10(15)6-8/h4-6H,3H2,1-2H3. The van der Waals surface area contributed by atoms with Gasteiger partial charge in [0, 0.05) is 5.56 Å². The quantitative estimate of drug-likeness (QED) is 0.806. The molecule has 1 aromatic heterocycles. The Morgan fingerprint density at radius 3 is 2.89 bits per heavy atom. The van der Waals surface area contributed by atoms with Crippen molar-refractivity contribution in [3.05, 3.63) is 39.9 Å². The molecule has 1 aromatic carbocycles. The van der Waals surface area contributed by atoms with E-state index in [0.29, 0.717) is 15.8 Å². The van der Waals surface area contributed by atoms with Gasteiger partial charge in [-0.2, -0.15) is 0 Å². The topological polar surface area (TPSA) is 52.3 Å². The van der Waals surface area contributed by atoms with Crippen LogP contribution in [-0.2, 0) is 4.74 Å². The average molecular weight is 328 g/mol. The number of aryl methyl sites for hydroxylation is 1. The fourth-order valence-corrected chi connectivity index (χ4v) is 1.78. The second-order valence-electron chi connectivity index (χ2n) is 3.77. The number of carbonyl (C=O) groups excluding carboxylic acids is 1. The number of hydrogen-bond acceptors (Lipinski definition) is 4. The molecule has 0 bridgehead atoms. The summed E-state index contributed by atoms with van der Waals surface area (Å²) in [7, 11) is 0. The van der Waals surface area contributed by atoms with Crippen LogP contribution in [0.5, 0.6) is 0 Å². The molecule has 0 amide bonds. The van der Waals surface area contributed by atoms with E-state index in [0.717, 1.165) is 0 Å². The Morgan fingerprint density at radius 1 is 1.53 bits per heavy atom. The second kappa shape index (κ2) is 5.52. The van der Waals surface area contributed by atoms with Crippen LogP contribution in [0.1, 0.15) is 23.2 Å². The zero-order valence-electron chi connectivity index (χ0n) is 10.4. The van der Waals surface area contributed by atoms with E-state index in [1.807, 2.05) is 0 Å². The molecule has 6 heteroatoms. The Morgan fingerprint density at radius 2 is 2.26 bits per heavy atom. The molecule has 19 heavy (non-hydrogen) atoms. The van der Waals surface area contributed by atoms with Crippen LogP contribution in [0.25, 0.3) is 11.5 Å². The van der Waals surface area contributed by atoms with Gasteiger partial charge in [0.2, 0.25) is 5.89 Å². The van der Waals surface area contributed by atoms with Crippen LogP contribution < -0.4 is 0 Å². The zero-order chi connectivity index (χ0) is 14.0. The van der Waals surface area contributed by atoms with Crippen molar-refractivity contribution in [2.75, 3.05) is 6.61 Å². The highest BCUT2D eigenvalue weighted by molar-refractivity contribution is 9.10. The lowest BCUT2D eigenvalue weighted by atomic mass is 10.2. The van der Waals surface area contributed by atoms with E-state index in [-0.39, 0.29) is 18.2 Å². The summed E-state index contributed by atoms with van der Waals surface area (Å²) in [6, 6.07) is 4.48. The first-order valence-electron chi connectivity index (χ1n) is 5.63. The van der Waals surface area contributed by atoms with E-state index in [9.17, 15) is 9.18 Å². The molecule has 0 atom stereocenters. The Hall–Kier alpha value is -1.69. The number of rotatable bonds is 3. The first-order valence-corrected chi connectivity index (χ1v) is 6.42. The van der Waals surface area contributed by atoms with Gasteiger partial charge in [-0.3, -0.25) is 0 Å². The Bertz CT molecular complexity index is 624. The van der Waals surface area contributed by atoms with E-state index in [1.165, 1.54) is 6.07 Å². The number of halogens is 2. The van der Waals surface area contributed by atoms with Crippen molar-refractivity contribution in [2.24, 2.45) is 0 Å². The molecule has 0 unspecified atom stereocenters. The maximum Gasteiger partial charge on any atom is 0.360 e. The molecule has 0 N–H and O–H groups in total. The van der Waals surface area contributed by atoms with Gasteiger partial charge in [-0.15, -0.1) is 0 Å². The molecule has 2 aromatic rings. The first kappa shape index (κ1) is 13.7. The summed E-state index contributed by atoms with van der Waals surface area (Å²) < 4.78 is 24.0. The lowest BCUT2D eigenvalue weighted by Crippen LogP contribution is -2.06. The highest BCUT2D eigenvalue weighted by Crippen LogP contribution is 2.25. The number of ether oxygens (including phenoxy) is 1. The molecule has 0 spiro atoms. The highest BCUT2D eigenvalue weighted by Gasteiger charge is 2.19. The predicted octanol–water partition coefficient (Wildman–Crippen LogP) is 3.73. The van der Waals surface area contributed by atoms with Crippen molar-refractivity contribution in [3.8, 4) is 11.5 Å². The summed E-state index contributed by atoms with van der Waals surface area (Å²) in [4.78, 5) is 15.7. The van der Waals surface area contributed by atoms with Gasteiger partial charge in [-0.1, -0.05) is 0 Å². The smallest absolute Gasteiger partial charge is 0.360 e. The van der Waals surface area contributed by atoms with Crippen LogP contribution in [0, 0.1) is 12.7 Å². The fourth-order valence-electron chi connectivity index (χ4n) is 1.54. The number of benzene rings is 1. The monoisotopic (exact) mass is 327 g/mol. The van der Waals surface area contributed by atoms with Gasteiger partial charge in [0.1, 0.15) is 11.6 Å². The van der Waals surface area contributed by atoms with E-state index in [2.05, 4.69) is 20.9 Å². The Balaban J connectivity index is 2.38. The minimum Gasteiger partial charge on any atom is -0.461 e. The second-order valence-corrected chi connectivity index (χ2v) is 4.63. The maximum atomic E-state index is 13.4. The third-order valence-electron chi connectivity index (χ3n) is 2.43. The van der Waals surface area contributed by atoms with Gasteiger partial charge in [0.15, 0.2) is 5.69 Å². The summed E-state index contributed by atoms with van der Waals surface area (Å²) >= 11 is 3.07. The molecule has 0 aliphatic rings. The van der Waals surface area contributed by atoms with Gasteiger partial charge < -0.3 is 9.15 Å². The number of carbonyl (C=O) groups is 1. The summed E-state index contributed by atoms with van der Waals surface area (Å²) in [5.41, 5.74) is 0.569. The molecule has 0 fully saturated rings. The number of nitrogens with zero attached hydrogens (tertiary/aromatic N) is 1. The van der Waals surface area contributed by atoms with Gasteiger partial charge >= 0.3 is 5.97 Å². The summed E-state index contributed by atoms with van der Waals surface area (Å²) in [5.74, 6) is -0.442. The normalized spacial score (nSPS) is 10.5. The number of oxazole rings is 1. The minimum atomic E-state index is -0.549. The molecule has 1 heterocycles. The summed E-state index contributed by atoms with van der Waals surface area (Å²) in [6.45, 7) is 3.57. The van der Waals surface area contributed by atoms with Gasteiger partial charge in [-0.05, 0) is 48.0 Å². The molecule has 100 valence electrons. The largest absolute Gasteiger partial charge is 0.461 e. The molecule has 4 nitrogen and oxygen atoms in total. The van der Waals surface area contributed by atoms with Crippen LogP contribution in [0.15, 0.2) is 27.1 Å². The first-order chi connectivity index (χ1) is 9.02. The maximum absolute atomic E-state index is 13.4. The number of aromatic nitrogens is 1. The van der Waals surface area contributed by atoms with E-state index >= 15 is 0 Å². The molecule has 0 aliphatic heterocycles. The molecule has 0 aliphatic carbocycles. The predicted molar refractivity (Wildman–Crippen MR) is 70.3 cm³/mol. The van der Waals surface area contributed by atoms with Gasteiger partial charge in [0.25, 0.3) is 0 Å². The number of esters is 1. The molecule has 0 saturated heterocycles. The summed E-state index contributed by atoms with van der Waals surface area (Å²) in [5, 5.41) is 0. The van der Waals surface area contributed by atoms with E-state index < -0.39 is 11.8 Å².